The van der Waals surface area contributed by atoms with Gasteiger partial charge in [-0.25, -0.2) is 9.78 Å². The molecule has 4 rings (SSSR count). The Morgan fingerprint density at radius 1 is 1.15 bits per heavy atom. The van der Waals surface area contributed by atoms with Crippen molar-refractivity contribution in [3.63, 3.8) is 0 Å². The van der Waals surface area contributed by atoms with Crippen molar-refractivity contribution < 1.29 is 14.1 Å². The van der Waals surface area contributed by atoms with Crippen LogP contribution < -0.4 is 15.9 Å². The van der Waals surface area contributed by atoms with E-state index in [4.69, 9.17) is 16.3 Å². The number of anilines is 3. The molecule has 0 radical (unpaired) electrons. The lowest BCUT2D eigenvalue weighted by Gasteiger charge is -2.34. The third-order valence-electron chi connectivity index (χ3n) is 7.21. The van der Waals surface area contributed by atoms with Crippen LogP contribution in [0.2, 0.25) is 5.02 Å². The second-order valence-corrected chi connectivity index (χ2v) is 15.6. The van der Waals surface area contributed by atoms with Gasteiger partial charge in [0.2, 0.25) is 5.95 Å². The van der Waals surface area contributed by atoms with Crippen molar-refractivity contribution in [1.29, 1.82) is 0 Å². The molecular formula is C28H42ClN6O3P. The van der Waals surface area contributed by atoms with Crippen LogP contribution in [0, 0.1) is 5.92 Å². The van der Waals surface area contributed by atoms with Crippen LogP contribution in [-0.2, 0) is 9.30 Å². The molecule has 214 valence electrons. The molecule has 2 aromatic rings. The van der Waals surface area contributed by atoms with Gasteiger partial charge in [-0.3, -0.25) is 0 Å². The molecule has 0 bridgehead atoms. The molecule has 2 N–H and O–H groups in total. The maximum Gasteiger partial charge on any atom is 0.410 e. The average molecular weight is 577 g/mol. The zero-order chi connectivity index (χ0) is 28.2. The van der Waals surface area contributed by atoms with Crippen LogP contribution in [0.1, 0.15) is 46.5 Å². The van der Waals surface area contributed by atoms with Gasteiger partial charge in [0.1, 0.15) is 17.8 Å². The van der Waals surface area contributed by atoms with Crippen molar-refractivity contribution in [3.05, 3.63) is 35.5 Å². The van der Waals surface area contributed by atoms with Gasteiger partial charge in [0, 0.05) is 37.5 Å². The molecule has 39 heavy (non-hydrogen) atoms. The zero-order valence-corrected chi connectivity index (χ0v) is 25.4. The molecule has 2 saturated heterocycles. The molecule has 0 unspecified atom stereocenters. The van der Waals surface area contributed by atoms with Crippen molar-refractivity contribution in [1.82, 2.24) is 19.8 Å². The molecule has 0 spiro atoms. The first-order valence-electron chi connectivity index (χ1n) is 13.8. The van der Waals surface area contributed by atoms with Gasteiger partial charge in [-0.05, 0) is 84.4 Å². The molecule has 1 amide bonds. The maximum atomic E-state index is 12.7. The topological polar surface area (TPSA) is 99.7 Å². The van der Waals surface area contributed by atoms with Crippen molar-refractivity contribution in [2.24, 2.45) is 5.92 Å². The Balaban J connectivity index is 1.25. The minimum absolute atomic E-state index is 0.197. The summed E-state index contributed by atoms with van der Waals surface area (Å²) in [6, 6.07) is 7.79. The first kappa shape index (κ1) is 29.6. The highest BCUT2D eigenvalue weighted by Gasteiger charge is 2.28. The Kier molecular flexibility index (Phi) is 9.45. The van der Waals surface area contributed by atoms with E-state index in [1.165, 1.54) is 0 Å². The number of nitrogens with zero attached hydrogens (tertiary/aromatic N) is 4. The predicted molar refractivity (Wildman–Crippen MR) is 159 cm³/mol. The normalized spacial score (nSPS) is 19.2. The molecule has 0 aliphatic carbocycles. The number of halogens is 1. The Morgan fingerprint density at radius 2 is 1.87 bits per heavy atom. The van der Waals surface area contributed by atoms with Crippen LogP contribution in [0.5, 0.6) is 0 Å². The van der Waals surface area contributed by atoms with Gasteiger partial charge in [-0.2, -0.15) is 4.98 Å². The molecule has 3 heterocycles. The molecule has 0 saturated carbocycles. The van der Waals surface area contributed by atoms with Gasteiger partial charge in [0.25, 0.3) is 0 Å². The van der Waals surface area contributed by atoms with E-state index in [1.807, 2.05) is 49.9 Å². The summed E-state index contributed by atoms with van der Waals surface area (Å²) in [6.45, 7) is 13.8. The van der Waals surface area contributed by atoms with E-state index < -0.39 is 12.7 Å². The summed E-state index contributed by atoms with van der Waals surface area (Å²) in [5, 5.41) is 7.90. The van der Waals surface area contributed by atoms with Crippen LogP contribution in [0.15, 0.2) is 30.5 Å². The SMILES string of the molecule is CC(C)(C)OC(=O)N1CCC(CCN2CC[C@@H](Nc3ncc(Cl)c(Nc4ccccc4P(C)(C)=O)n3)C2)CC1. The Labute approximate surface area is 237 Å². The highest BCUT2D eigenvalue weighted by atomic mass is 35.5. The number of rotatable bonds is 8. The van der Waals surface area contributed by atoms with Gasteiger partial charge >= 0.3 is 6.09 Å². The molecule has 2 aliphatic rings. The average Bonchev–Trinajstić information content (AvgIpc) is 3.31. The number of hydrogen-bond donors (Lipinski definition) is 2. The second kappa shape index (κ2) is 12.4. The molecule has 1 aromatic heterocycles. The smallest absolute Gasteiger partial charge is 0.410 e. The van der Waals surface area contributed by atoms with Gasteiger partial charge in [-0.1, -0.05) is 23.7 Å². The molecule has 9 nitrogen and oxygen atoms in total. The van der Waals surface area contributed by atoms with Crippen molar-refractivity contribution >= 4 is 47.6 Å². The summed E-state index contributed by atoms with van der Waals surface area (Å²) >= 11 is 6.40. The minimum atomic E-state index is -2.48. The number of carbonyl (C=O) groups excluding carboxylic acids is 1. The molecule has 2 aliphatic heterocycles. The fourth-order valence-corrected chi connectivity index (χ4v) is 6.43. The number of nitrogens with one attached hydrogen (secondary N) is 2. The molecule has 1 atom stereocenters. The number of piperidine rings is 1. The second-order valence-electron chi connectivity index (χ2n) is 12.0. The summed E-state index contributed by atoms with van der Waals surface area (Å²) < 4.78 is 18.3. The highest BCUT2D eigenvalue weighted by Crippen LogP contribution is 2.38. The van der Waals surface area contributed by atoms with E-state index in [0.717, 1.165) is 69.4 Å². The van der Waals surface area contributed by atoms with Crippen LogP contribution in [-0.4, -0.2) is 83.6 Å². The first-order chi connectivity index (χ1) is 18.4. The number of ether oxygens (including phenoxy) is 1. The van der Waals surface area contributed by atoms with Crippen LogP contribution in [0.25, 0.3) is 0 Å². The maximum absolute atomic E-state index is 12.7. The monoisotopic (exact) mass is 576 g/mol. The zero-order valence-electron chi connectivity index (χ0n) is 23.7. The van der Waals surface area contributed by atoms with Gasteiger partial charge in [0.15, 0.2) is 5.82 Å². The lowest BCUT2D eigenvalue weighted by molar-refractivity contribution is 0.0178. The fourth-order valence-electron chi connectivity index (χ4n) is 5.13. The molecule has 11 heteroatoms. The number of hydrogen-bond acceptors (Lipinski definition) is 8. The molecule has 2 fully saturated rings. The van der Waals surface area contributed by atoms with E-state index in [9.17, 15) is 9.36 Å². The van der Waals surface area contributed by atoms with Crippen LogP contribution in [0.3, 0.4) is 0 Å². The van der Waals surface area contributed by atoms with E-state index in [-0.39, 0.29) is 12.1 Å². The number of likely N-dealkylation sites (tertiary alicyclic amines) is 2. The summed E-state index contributed by atoms with van der Waals surface area (Å²) in [5.41, 5.74) is 0.284. The number of amides is 1. The molecule has 1 aromatic carbocycles. The lowest BCUT2D eigenvalue weighted by atomic mass is 9.93. The van der Waals surface area contributed by atoms with Crippen LogP contribution in [0.4, 0.5) is 22.2 Å². The quantitative estimate of drug-likeness (QED) is 0.389. The van der Waals surface area contributed by atoms with E-state index >= 15 is 0 Å². The third kappa shape index (κ3) is 8.57. The standard InChI is InChI=1S/C28H42ClN6O3P/c1-28(2,3)38-27(36)35-16-11-20(12-17-35)10-14-34-15-13-21(19-34)31-26-30-18-22(29)25(33-26)32-23-8-6-7-9-24(23)39(4,5)37/h6-9,18,20-21H,10-17,19H2,1-5H3,(H2,30,31,32,33)/t21-/m1/s1. The van der Waals surface area contributed by atoms with Crippen molar-refractivity contribution in [2.45, 2.75) is 58.1 Å². The Bertz CT molecular complexity index is 1190. The molecular weight excluding hydrogens is 535 g/mol. The number of carbonyl (C=O) groups is 1. The first-order valence-corrected chi connectivity index (χ1v) is 16.8. The Morgan fingerprint density at radius 3 is 2.56 bits per heavy atom. The summed E-state index contributed by atoms with van der Waals surface area (Å²) in [7, 11) is -2.48. The van der Waals surface area contributed by atoms with Crippen molar-refractivity contribution in [2.75, 3.05) is 56.7 Å². The van der Waals surface area contributed by atoms with E-state index in [0.29, 0.717) is 22.7 Å². The predicted octanol–water partition coefficient (Wildman–Crippen LogP) is 5.65. The summed E-state index contributed by atoms with van der Waals surface area (Å²) in [4.78, 5) is 25.7. The highest BCUT2D eigenvalue weighted by molar-refractivity contribution is 7.70. The lowest BCUT2D eigenvalue weighted by Crippen LogP contribution is -2.42. The Hall–Kier alpha value is -2.35. The number of benzene rings is 1. The fraction of sp³-hybridized carbons (Fsp3) is 0.607. The van der Waals surface area contributed by atoms with Crippen LogP contribution >= 0.6 is 18.7 Å². The van der Waals surface area contributed by atoms with E-state index in [1.54, 1.807) is 19.5 Å². The van der Waals surface area contributed by atoms with E-state index in [2.05, 4.69) is 25.5 Å². The van der Waals surface area contributed by atoms with Gasteiger partial charge in [0.05, 0.1) is 11.9 Å². The third-order valence-corrected chi connectivity index (χ3v) is 9.03. The van der Waals surface area contributed by atoms with Crippen molar-refractivity contribution in [3.8, 4) is 0 Å². The minimum Gasteiger partial charge on any atom is -0.444 e. The summed E-state index contributed by atoms with van der Waals surface area (Å²) in [6.07, 6.45) is 5.60. The summed E-state index contributed by atoms with van der Waals surface area (Å²) in [5.74, 6) is 1.65. The number of para-hydroxylation sites is 1. The van der Waals surface area contributed by atoms with Gasteiger partial charge in [-0.15, -0.1) is 0 Å². The number of aromatic nitrogens is 2. The largest absolute Gasteiger partial charge is 0.444 e. The van der Waals surface area contributed by atoms with Gasteiger partial charge < -0.3 is 29.7 Å².